The van der Waals surface area contributed by atoms with Crippen molar-refractivity contribution in [3.63, 3.8) is 0 Å². The zero-order valence-corrected chi connectivity index (χ0v) is 15.2. The third-order valence-electron chi connectivity index (χ3n) is 4.17. The van der Waals surface area contributed by atoms with Gasteiger partial charge >= 0.3 is 0 Å². The molecule has 0 radical (unpaired) electrons. The lowest BCUT2D eigenvalue weighted by Gasteiger charge is -2.38. The number of hydrogen-bond donors (Lipinski definition) is 1. The van der Waals surface area contributed by atoms with Crippen molar-refractivity contribution in [2.75, 3.05) is 16.8 Å². The van der Waals surface area contributed by atoms with Crippen molar-refractivity contribution in [2.24, 2.45) is 0 Å². The predicted molar refractivity (Wildman–Crippen MR) is 100.0 cm³/mol. The van der Waals surface area contributed by atoms with Crippen molar-refractivity contribution in [1.82, 2.24) is 0 Å². The smallest absolute Gasteiger partial charge is 0.271 e. The van der Waals surface area contributed by atoms with Gasteiger partial charge in [0.2, 0.25) is 5.91 Å². The summed E-state index contributed by atoms with van der Waals surface area (Å²) in [6.07, 6.45) is 0. The van der Waals surface area contributed by atoms with E-state index in [4.69, 9.17) is 4.74 Å². The predicted octanol–water partition coefficient (Wildman–Crippen LogP) is 3.05. The van der Waals surface area contributed by atoms with Crippen molar-refractivity contribution in [2.45, 2.75) is 26.4 Å². The van der Waals surface area contributed by atoms with Gasteiger partial charge in [0.25, 0.3) is 11.6 Å². The molecule has 0 saturated carbocycles. The molecule has 0 fully saturated rings. The minimum atomic E-state index is -1.10. The second kappa shape index (κ2) is 6.71. The third-order valence-corrected chi connectivity index (χ3v) is 4.17. The van der Waals surface area contributed by atoms with Crippen molar-refractivity contribution in [1.29, 1.82) is 0 Å². The first-order valence-electron chi connectivity index (χ1n) is 8.33. The van der Waals surface area contributed by atoms with Gasteiger partial charge in [-0.15, -0.1) is 0 Å². The van der Waals surface area contributed by atoms with Gasteiger partial charge < -0.3 is 10.1 Å². The maximum Gasteiger partial charge on any atom is 0.271 e. The largest absolute Gasteiger partial charge is 0.476 e. The van der Waals surface area contributed by atoms with E-state index in [1.165, 1.54) is 23.1 Å². The number of non-ortho nitro benzene ring substituents is 1. The summed E-state index contributed by atoms with van der Waals surface area (Å²) in [6.45, 7) is 4.93. The number of amides is 2. The highest BCUT2D eigenvalue weighted by Gasteiger charge is 2.41. The van der Waals surface area contributed by atoms with E-state index < -0.39 is 16.4 Å². The van der Waals surface area contributed by atoms with Crippen LogP contribution in [0.2, 0.25) is 0 Å². The zero-order valence-electron chi connectivity index (χ0n) is 15.2. The maximum atomic E-state index is 12.8. The second-order valence-electron chi connectivity index (χ2n) is 6.83. The third kappa shape index (κ3) is 3.74. The van der Waals surface area contributed by atoms with Gasteiger partial charge in [0.05, 0.1) is 10.6 Å². The molecule has 0 aromatic heterocycles. The Bertz CT molecular complexity index is 939. The van der Waals surface area contributed by atoms with Gasteiger partial charge in [-0.2, -0.15) is 0 Å². The van der Waals surface area contributed by atoms with E-state index in [0.717, 1.165) is 5.56 Å². The summed E-state index contributed by atoms with van der Waals surface area (Å²) in [6, 6.07) is 11.0. The van der Waals surface area contributed by atoms with E-state index >= 15 is 0 Å². The van der Waals surface area contributed by atoms with E-state index in [2.05, 4.69) is 5.32 Å². The van der Waals surface area contributed by atoms with E-state index in [1.54, 1.807) is 32.0 Å². The number of nitrogens with zero attached hydrogens (tertiary/aromatic N) is 2. The fraction of sp³-hybridized carbons (Fsp3) is 0.263. The molecule has 140 valence electrons. The molecule has 0 atom stereocenters. The van der Waals surface area contributed by atoms with Crippen LogP contribution in [0.3, 0.4) is 0 Å². The summed E-state index contributed by atoms with van der Waals surface area (Å²) in [7, 11) is 0. The molecule has 3 rings (SSSR count). The summed E-state index contributed by atoms with van der Waals surface area (Å²) in [5.74, 6) is -0.280. The lowest BCUT2D eigenvalue weighted by Crippen LogP contribution is -2.54. The molecule has 0 aliphatic carbocycles. The summed E-state index contributed by atoms with van der Waals surface area (Å²) in [4.78, 5) is 37.0. The van der Waals surface area contributed by atoms with Crippen LogP contribution in [0.25, 0.3) is 0 Å². The number of nitrogens with one attached hydrogen (secondary N) is 1. The standard InChI is InChI=1S/C19H19N3O5/c1-12-7-8-16-15(9-12)21(18(24)19(2,3)27-16)11-17(23)20-13-5-4-6-14(10-13)22(25)26/h4-10H,11H2,1-3H3,(H,20,23). The molecule has 2 aromatic rings. The second-order valence-corrected chi connectivity index (χ2v) is 6.83. The van der Waals surface area contributed by atoms with Crippen molar-refractivity contribution in [3.8, 4) is 5.75 Å². The van der Waals surface area contributed by atoms with Gasteiger partial charge in [0, 0.05) is 17.8 Å². The molecule has 2 amide bonds. The molecule has 2 aromatic carbocycles. The normalized spacial score (nSPS) is 14.9. The lowest BCUT2D eigenvalue weighted by atomic mass is 10.0. The molecule has 8 nitrogen and oxygen atoms in total. The average Bonchev–Trinajstić information content (AvgIpc) is 2.60. The quantitative estimate of drug-likeness (QED) is 0.659. The number of carbonyl (C=O) groups is 2. The van der Waals surface area contributed by atoms with Crippen molar-refractivity contribution < 1.29 is 19.2 Å². The number of ether oxygens (including phenoxy) is 1. The van der Waals surface area contributed by atoms with Gasteiger partial charge in [-0.1, -0.05) is 12.1 Å². The first kappa shape index (κ1) is 18.4. The Labute approximate surface area is 155 Å². The maximum absolute atomic E-state index is 12.8. The summed E-state index contributed by atoms with van der Waals surface area (Å²) in [5.41, 5.74) is 0.507. The Kier molecular flexibility index (Phi) is 4.57. The van der Waals surface area contributed by atoms with E-state index in [9.17, 15) is 19.7 Å². The van der Waals surface area contributed by atoms with Gasteiger partial charge in [-0.25, -0.2) is 0 Å². The molecule has 1 N–H and O–H groups in total. The van der Waals surface area contributed by atoms with E-state index in [-0.39, 0.29) is 18.1 Å². The van der Waals surface area contributed by atoms with E-state index in [1.807, 2.05) is 13.0 Å². The Hall–Kier alpha value is -3.42. The molecule has 0 saturated heterocycles. The lowest BCUT2D eigenvalue weighted by molar-refractivity contribution is -0.384. The first-order valence-corrected chi connectivity index (χ1v) is 8.33. The monoisotopic (exact) mass is 369 g/mol. The zero-order chi connectivity index (χ0) is 19.8. The van der Waals surface area contributed by atoms with Crippen LogP contribution in [-0.4, -0.2) is 28.9 Å². The molecule has 27 heavy (non-hydrogen) atoms. The summed E-state index contributed by atoms with van der Waals surface area (Å²) >= 11 is 0. The number of nitro benzene ring substituents is 1. The van der Waals surface area contributed by atoms with Gasteiger partial charge in [-0.05, 0) is 44.5 Å². The molecule has 1 heterocycles. The number of nitro groups is 1. The number of hydrogen-bond acceptors (Lipinski definition) is 5. The highest BCUT2D eigenvalue weighted by molar-refractivity contribution is 6.07. The first-order chi connectivity index (χ1) is 12.7. The average molecular weight is 369 g/mol. The summed E-state index contributed by atoms with van der Waals surface area (Å²) < 4.78 is 5.76. The van der Waals surface area contributed by atoms with Crippen LogP contribution < -0.4 is 15.0 Å². The molecule has 0 spiro atoms. The summed E-state index contributed by atoms with van der Waals surface area (Å²) in [5, 5.41) is 13.5. The molecule has 1 aliphatic heterocycles. The van der Waals surface area contributed by atoms with Crippen LogP contribution in [0, 0.1) is 17.0 Å². The van der Waals surface area contributed by atoms with Crippen LogP contribution in [0.4, 0.5) is 17.1 Å². The number of aryl methyl sites for hydroxylation is 1. The number of carbonyl (C=O) groups excluding carboxylic acids is 2. The van der Waals surface area contributed by atoms with Gasteiger partial charge in [0.15, 0.2) is 5.60 Å². The molecule has 0 bridgehead atoms. The number of benzene rings is 2. The fourth-order valence-electron chi connectivity index (χ4n) is 2.88. The molecule has 8 heteroatoms. The van der Waals surface area contributed by atoms with Crippen LogP contribution >= 0.6 is 0 Å². The number of fused-ring (bicyclic) bond motifs is 1. The Morgan fingerprint density at radius 3 is 2.70 bits per heavy atom. The molecular weight excluding hydrogens is 350 g/mol. The molecule has 1 aliphatic rings. The van der Waals surface area contributed by atoms with Crippen LogP contribution in [0.1, 0.15) is 19.4 Å². The fourth-order valence-corrected chi connectivity index (χ4v) is 2.88. The van der Waals surface area contributed by atoms with Crippen LogP contribution in [0.15, 0.2) is 42.5 Å². The Morgan fingerprint density at radius 1 is 1.26 bits per heavy atom. The van der Waals surface area contributed by atoms with Gasteiger partial charge in [0.1, 0.15) is 12.3 Å². The number of anilines is 2. The minimum Gasteiger partial charge on any atom is -0.476 e. The SMILES string of the molecule is Cc1ccc2c(c1)N(CC(=O)Nc1cccc([N+](=O)[O-])c1)C(=O)C(C)(C)O2. The Balaban J connectivity index is 1.84. The van der Waals surface area contributed by atoms with Gasteiger partial charge in [-0.3, -0.25) is 24.6 Å². The highest BCUT2D eigenvalue weighted by atomic mass is 16.6. The highest BCUT2D eigenvalue weighted by Crippen LogP contribution is 2.38. The van der Waals surface area contributed by atoms with E-state index in [0.29, 0.717) is 17.1 Å². The number of rotatable bonds is 4. The molecular formula is C19H19N3O5. The van der Waals surface area contributed by atoms with Crippen molar-refractivity contribution in [3.05, 3.63) is 58.1 Å². The Morgan fingerprint density at radius 2 is 2.00 bits per heavy atom. The molecule has 0 unspecified atom stereocenters. The van der Waals surface area contributed by atoms with Crippen LogP contribution in [-0.2, 0) is 9.59 Å². The van der Waals surface area contributed by atoms with Crippen molar-refractivity contribution >= 4 is 28.9 Å². The van der Waals surface area contributed by atoms with Crippen LogP contribution in [0.5, 0.6) is 5.75 Å². The topological polar surface area (TPSA) is 102 Å². The minimum absolute atomic E-state index is 0.127.